The molecule has 0 aliphatic heterocycles. The Kier molecular flexibility index (Phi) is 3.40. The van der Waals surface area contributed by atoms with Crippen LogP contribution in [0.15, 0.2) is 58.0 Å². The van der Waals surface area contributed by atoms with Crippen LogP contribution in [-0.2, 0) is 0 Å². The van der Waals surface area contributed by atoms with Crippen LogP contribution in [0.1, 0.15) is 5.56 Å². The molecule has 4 aromatic rings. The van der Waals surface area contributed by atoms with Crippen LogP contribution in [0.5, 0.6) is 0 Å². The first-order chi connectivity index (χ1) is 10.8. The Morgan fingerprint density at radius 2 is 1.95 bits per heavy atom. The molecule has 0 saturated heterocycles. The van der Waals surface area contributed by atoms with E-state index in [1.54, 1.807) is 17.5 Å². The van der Waals surface area contributed by atoms with Gasteiger partial charge < -0.3 is 0 Å². The minimum Gasteiger partial charge on any atom is -0.229 e. The molecule has 108 valence electrons. The van der Waals surface area contributed by atoms with Crippen LogP contribution in [0, 0.1) is 6.92 Å². The maximum absolute atomic E-state index is 4.79. The molecular formula is C16H12N4S2. The fraction of sp³-hybridized carbons (Fsp3) is 0.0625. The van der Waals surface area contributed by atoms with Gasteiger partial charge in [-0.15, -0.1) is 16.4 Å². The average Bonchev–Trinajstić information content (AvgIpc) is 3.17. The van der Waals surface area contributed by atoms with E-state index in [-0.39, 0.29) is 0 Å². The van der Waals surface area contributed by atoms with E-state index >= 15 is 0 Å². The van der Waals surface area contributed by atoms with Crippen molar-refractivity contribution in [3.8, 4) is 11.1 Å². The standard InChI is InChI=1S/C16H12N4S2/c1-10-5-7-11(8-6-10)12-3-2-4-13-15(12)18-16(21-13)22-14-9-17-20-19-14/h2-9H,1H3,(H,17,19,20). The second kappa shape index (κ2) is 5.55. The summed E-state index contributed by atoms with van der Waals surface area (Å²) >= 11 is 3.21. The smallest absolute Gasteiger partial charge is 0.157 e. The topological polar surface area (TPSA) is 54.5 Å². The Morgan fingerprint density at radius 3 is 2.73 bits per heavy atom. The highest BCUT2D eigenvalue weighted by Gasteiger charge is 2.11. The summed E-state index contributed by atoms with van der Waals surface area (Å²) in [4.78, 5) is 4.79. The third-order valence-corrected chi connectivity index (χ3v) is 5.33. The van der Waals surface area contributed by atoms with E-state index in [2.05, 4.69) is 64.8 Å². The van der Waals surface area contributed by atoms with E-state index < -0.39 is 0 Å². The Bertz CT molecular complexity index is 911. The minimum atomic E-state index is 0.830. The van der Waals surface area contributed by atoms with Gasteiger partial charge in [-0.2, -0.15) is 10.3 Å². The van der Waals surface area contributed by atoms with Crippen molar-refractivity contribution in [2.45, 2.75) is 16.3 Å². The summed E-state index contributed by atoms with van der Waals surface area (Å²) in [5.74, 6) is 0. The van der Waals surface area contributed by atoms with Crippen LogP contribution in [0.3, 0.4) is 0 Å². The number of H-pyrrole nitrogens is 1. The van der Waals surface area contributed by atoms with E-state index in [4.69, 9.17) is 4.98 Å². The van der Waals surface area contributed by atoms with Gasteiger partial charge in [-0.05, 0) is 30.3 Å². The Hall–Kier alpha value is -2.18. The van der Waals surface area contributed by atoms with Crippen LogP contribution in [0.25, 0.3) is 21.3 Å². The molecule has 0 aliphatic carbocycles. The zero-order valence-corrected chi connectivity index (χ0v) is 13.4. The van der Waals surface area contributed by atoms with Gasteiger partial charge in [0, 0.05) is 5.56 Å². The number of hydrogen-bond donors (Lipinski definition) is 1. The number of rotatable bonds is 3. The molecule has 0 saturated carbocycles. The Morgan fingerprint density at radius 1 is 1.09 bits per heavy atom. The van der Waals surface area contributed by atoms with Crippen molar-refractivity contribution in [1.82, 2.24) is 20.4 Å². The predicted molar refractivity (Wildman–Crippen MR) is 90.3 cm³/mol. The average molecular weight is 324 g/mol. The van der Waals surface area contributed by atoms with Gasteiger partial charge >= 0.3 is 0 Å². The zero-order chi connectivity index (χ0) is 14.9. The lowest BCUT2D eigenvalue weighted by Gasteiger charge is -2.03. The molecule has 0 spiro atoms. The third kappa shape index (κ3) is 2.51. The molecule has 0 bridgehead atoms. The van der Waals surface area contributed by atoms with Crippen molar-refractivity contribution in [3.05, 3.63) is 54.2 Å². The second-order valence-corrected chi connectivity index (χ2v) is 7.21. The van der Waals surface area contributed by atoms with Crippen molar-refractivity contribution in [2.24, 2.45) is 0 Å². The zero-order valence-electron chi connectivity index (χ0n) is 11.8. The van der Waals surface area contributed by atoms with E-state index in [0.717, 1.165) is 14.9 Å². The normalized spacial score (nSPS) is 11.1. The molecule has 0 radical (unpaired) electrons. The number of aryl methyl sites for hydroxylation is 1. The highest BCUT2D eigenvalue weighted by atomic mass is 32.2. The monoisotopic (exact) mass is 324 g/mol. The van der Waals surface area contributed by atoms with Gasteiger partial charge in [0.15, 0.2) is 4.34 Å². The lowest BCUT2D eigenvalue weighted by molar-refractivity contribution is 0.911. The highest BCUT2D eigenvalue weighted by Crippen LogP contribution is 2.37. The maximum atomic E-state index is 4.79. The number of aromatic nitrogens is 4. The number of para-hydroxylation sites is 1. The number of fused-ring (bicyclic) bond motifs is 1. The van der Waals surface area contributed by atoms with Gasteiger partial charge in [-0.25, -0.2) is 4.98 Å². The Labute approximate surface area is 135 Å². The van der Waals surface area contributed by atoms with E-state index in [1.165, 1.54) is 33.2 Å². The van der Waals surface area contributed by atoms with E-state index in [0.29, 0.717) is 0 Å². The third-order valence-electron chi connectivity index (χ3n) is 3.35. The van der Waals surface area contributed by atoms with Crippen LogP contribution in [0.4, 0.5) is 0 Å². The number of nitrogens with zero attached hydrogens (tertiary/aromatic N) is 3. The molecule has 4 nitrogen and oxygen atoms in total. The van der Waals surface area contributed by atoms with E-state index in [9.17, 15) is 0 Å². The summed E-state index contributed by atoms with van der Waals surface area (Å²) in [6.45, 7) is 2.10. The van der Waals surface area contributed by atoms with Gasteiger partial charge in [-0.1, -0.05) is 42.0 Å². The maximum Gasteiger partial charge on any atom is 0.157 e. The molecule has 4 rings (SSSR count). The number of nitrogens with one attached hydrogen (secondary N) is 1. The summed E-state index contributed by atoms with van der Waals surface area (Å²) in [5, 5.41) is 11.3. The van der Waals surface area contributed by atoms with Gasteiger partial charge in [0.1, 0.15) is 5.03 Å². The van der Waals surface area contributed by atoms with Crippen molar-refractivity contribution >= 4 is 33.3 Å². The molecule has 0 amide bonds. The predicted octanol–water partition coefficient (Wildman–Crippen LogP) is 4.54. The van der Waals surface area contributed by atoms with Crippen LogP contribution in [-0.4, -0.2) is 20.4 Å². The summed E-state index contributed by atoms with van der Waals surface area (Å²) in [5.41, 5.74) is 4.67. The summed E-state index contributed by atoms with van der Waals surface area (Å²) in [6, 6.07) is 14.9. The van der Waals surface area contributed by atoms with Crippen LogP contribution < -0.4 is 0 Å². The fourth-order valence-corrected chi connectivity index (χ4v) is 4.19. The second-order valence-electron chi connectivity index (χ2n) is 4.91. The van der Waals surface area contributed by atoms with Crippen molar-refractivity contribution in [2.75, 3.05) is 0 Å². The lowest BCUT2D eigenvalue weighted by atomic mass is 10.0. The SMILES string of the molecule is Cc1ccc(-c2cccc3sc(Sc4cn[nH]n4)nc23)cc1. The lowest BCUT2D eigenvalue weighted by Crippen LogP contribution is -1.81. The van der Waals surface area contributed by atoms with Gasteiger partial charge in [-0.3, -0.25) is 0 Å². The molecule has 0 aliphatic rings. The van der Waals surface area contributed by atoms with E-state index in [1.807, 2.05) is 0 Å². The molecular weight excluding hydrogens is 312 g/mol. The number of hydrogen-bond acceptors (Lipinski definition) is 5. The fourth-order valence-electron chi connectivity index (χ4n) is 2.27. The number of benzene rings is 2. The van der Waals surface area contributed by atoms with Gasteiger partial charge in [0.05, 0.1) is 16.4 Å². The molecule has 1 N–H and O–H groups in total. The molecule has 0 fully saturated rings. The first-order valence-corrected chi connectivity index (χ1v) is 8.43. The quantitative estimate of drug-likeness (QED) is 0.601. The first kappa shape index (κ1) is 13.5. The summed E-state index contributed by atoms with van der Waals surface area (Å²) in [7, 11) is 0. The largest absolute Gasteiger partial charge is 0.229 e. The summed E-state index contributed by atoms with van der Waals surface area (Å²) in [6.07, 6.45) is 1.71. The number of aromatic amines is 1. The van der Waals surface area contributed by atoms with Gasteiger partial charge in [0.25, 0.3) is 0 Å². The molecule has 2 aromatic carbocycles. The molecule has 6 heteroatoms. The minimum absolute atomic E-state index is 0.830. The van der Waals surface area contributed by atoms with Crippen LogP contribution >= 0.6 is 23.1 Å². The van der Waals surface area contributed by atoms with Crippen molar-refractivity contribution in [1.29, 1.82) is 0 Å². The van der Waals surface area contributed by atoms with Crippen molar-refractivity contribution in [3.63, 3.8) is 0 Å². The molecule has 0 unspecified atom stereocenters. The van der Waals surface area contributed by atoms with Crippen molar-refractivity contribution < 1.29 is 0 Å². The number of thiazole rings is 1. The molecule has 0 atom stereocenters. The molecule has 2 heterocycles. The summed E-state index contributed by atoms with van der Waals surface area (Å²) < 4.78 is 2.16. The Balaban J connectivity index is 1.79. The van der Waals surface area contributed by atoms with Crippen LogP contribution in [0.2, 0.25) is 0 Å². The molecule has 2 aromatic heterocycles. The first-order valence-electron chi connectivity index (χ1n) is 6.80. The molecule has 22 heavy (non-hydrogen) atoms. The highest BCUT2D eigenvalue weighted by molar-refractivity contribution is 8.01. The van der Waals surface area contributed by atoms with Gasteiger partial charge in [0.2, 0.25) is 0 Å².